The van der Waals surface area contributed by atoms with Crippen molar-refractivity contribution in [3.63, 3.8) is 0 Å². The first kappa shape index (κ1) is 13.8. The zero-order valence-corrected chi connectivity index (χ0v) is 12.3. The molecule has 3 rings (SSSR count). The molecular formula is C17H14N4O. The molecule has 0 radical (unpaired) electrons. The standard InChI is InChI=1S/C17H14N4O/c1-12-3-4-14(10-16(12)22-2)15-6-8-20-21(15)17-9-13(11-18)5-7-19-17/h3-10H,1-2H3. The molecule has 0 aliphatic rings. The lowest BCUT2D eigenvalue weighted by molar-refractivity contribution is 0.412. The molecule has 3 aromatic rings. The molecule has 0 saturated carbocycles. The molecule has 5 nitrogen and oxygen atoms in total. The van der Waals surface area contributed by atoms with Crippen LogP contribution < -0.4 is 4.74 Å². The number of nitrogens with zero attached hydrogens (tertiary/aromatic N) is 4. The summed E-state index contributed by atoms with van der Waals surface area (Å²) in [7, 11) is 1.65. The molecule has 2 aromatic heterocycles. The van der Waals surface area contributed by atoms with E-state index in [2.05, 4.69) is 16.2 Å². The van der Waals surface area contributed by atoms with Crippen LogP contribution in [0.15, 0.2) is 48.8 Å². The highest BCUT2D eigenvalue weighted by atomic mass is 16.5. The summed E-state index contributed by atoms with van der Waals surface area (Å²) in [5, 5.41) is 13.3. The third-order valence-corrected chi connectivity index (χ3v) is 3.44. The molecule has 108 valence electrons. The van der Waals surface area contributed by atoms with E-state index in [1.807, 2.05) is 31.2 Å². The largest absolute Gasteiger partial charge is 0.496 e. The van der Waals surface area contributed by atoms with Crippen molar-refractivity contribution >= 4 is 0 Å². The maximum atomic E-state index is 9.02. The molecule has 22 heavy (non-hydrogen) atoms. The molecular weight excluding hydrogens is 276 g/mol. The first-order valence-electron chi connectivity index (χ1n) is 6.78. The molecule has 2 heterocycles. The molecule has 5 heteroatoms. The third kappa shape index (κ3) is 2.42. The van der Waals surface area contributed by atoms with Crippen molar-refractivity contribution in [3.05, 3.63) is 59.9 Å². The second kappa shape index (κ2) is 5.70. The summed E-state index contributed by atoms with van der Waals surface area (Å²) in [5.74, 6) is 1.43. The van der Waals surface area contributed by atoms with Crippen LogP contribution in [0.3, 0.4) is 0 Å². The van der Waals surface area contributed by atoms with Gasteiger partial charge in [0.25, 0.3) is 0 Å². The van der Waals surface area contributed by atoms with Gasteiger partial charge in [-0.15, -0.1) is 0 Å². The van der Waals surface area contributed by atoms with Gasteiger partial charge in [-0.05, 0) is 30.7 Å². The summed E-state index contributed by atoms with van der Waals surface area (Å²) in [5.41, 5.74) is 3.49. The minimum absolute atomic E-state index is 0.549. The summed E-state index contributed by atoms with van der Waals surface area (Å²) in [6.45, 7) is 2.00. The van der Waals surface area contributed by atoms with Crippen LogP contribution in [0.4, 0.5) is 0 Å². The number of methoxy groups -OCH3 is 1. The minimum Gasteiger partial charge on any atom is -0.496 e. The van der Waals surface area contributed by atoms with Crippen molar-refractivity contribution in [2.45, 2.75) is 6.92 Å². The highest BCUT2D eigenvalue weighted by Crippen LogP contribution is 2.27. The van der Waals surface area contributed by atoms with Gasteiger partial charge in [-0.1, -0.05) is 12.1 Å². The Morgan fingerprint density at radius 1 is 1.14 bits per heavy atom. The van der Waals surface area contributed by atoms with E-state index in [4.69, 9.17) is 10.00 Å². The van der Waals surface area contributed by atoms with E-state index in [0.29, 0.717) is 11.4 Å². The van der Waals surface area contributed by atoms with Crippen molar-refractivity contribution in [2.24, 2.45) is 0 Å². The molecule has 0 atom stereocenters. The van der Waals surface area contributed by atoms with Gasteiger partial charge in [0.2, 0.25) is 0 Å². The fraction of sp³-hybridized carbons (Fsp3) is 0.118. The van der Waals surface area contributed by atoms with Crippen LogP contribution in [0.2, 0.25) is 0 Å². The summed E-state index contributed by atoms with van der Waals surface area (Å²) in [6.07, 6.45) is 3.32. The maximum absolute atomic E-state index is 9.02. The summed E-state index contributed by atoms with van der Waals surface area (Å²) in [4.78, 5) is 4.29. The van der Waals surface area contributed by atoms with Gasteiger partial charge in [0.15, 0.2) is 5.82 Å². The van der Waals surface area contributed by atoms with E-state index in [-0.39, 0.29) is 0 Å². The Balaban J connectivity index is 2.11. The van der Waals surface area contributed by atoms with Crippen LogP contribution in [0.25, 0.3) is 17.1 Å². The molecule has 0 unspecified atom stereocenters. The summed E-state index contributed by atoms with van der Waals surface area (Å²) in [6, 6.07) is 13.4. The van der Waals surface area contributed by atoms with Gasteiger partial charge in [-0.2, -0.15) is 10.4 Å². The molecule has 0 aliphatic carbocycles. The van der Waals surface area contributed by atoms with Crippen molar-refractivity contribution in [2.75, 3.05) is 7.11 Å². The topological polar surface area (TPSA) is 63.7 Å². The van der Waals surface area contributed by atoms with Crippen molar-refractivity contribution in [1.29, 1.82) is 5.26 Å². The number of rotatable bonds is 3. The Bertz CT molecular complexity index is 861. The Kier molecular flexibility index (Phi) is 3.58. The number of nitriles is 1. The van der Waals surface area contributed by atoms with Gasteiger partial charge < -0.3 is 4.74 Å². The first-order valence-corrected chi connectivity index (χ1v) is 6.78. The van der Waals surface area contributed by atoms with Crippen LogP contribution in [0.5, 0.6) is 5.75 Å². The van der Waals surface area contributed by atoms with E-state index >= 15 is 0 Å². The minimum atomic E-state index is 0.549. The number of hydrogen-bond donors (Lipinski definition) is 0. The van der Waals surface area contributed by atoms with Crippen molar-refractivity contribution in [1.82, 2.24) is 14.8 Å². The van der Waals surface area contributed by atoms with Gasteiger partial charge in [-0.3, -0.25) is 0 Å². The van der Waals surface area contributed by atoms with E-state index in [1.165, 1.54) is 0 Å². The fourth-order valence-corrected chi connectivity index (χ4v) is 2.29. The highest BCUT2D eigenvalue weighted by molar-refractivity contribution is 5.64. The zero-order chi connectivity index (χ0) is 15.5. The number of aryl methyl sites for hydroxylation is 1. The number of hydrogen-bond acceptors (Lipinski definition) is 4. The normalized spacial score (nSPS) is 10.2. The average molecular weight is 290 g/mol. The Labute approximate surface area is 128 Å². The maximum Gasteiger partial charge on any atom is 0.155 e. The fourth-order valence-electron chi connectivity index (χ4n) is 2.29. The Morgan fingerprint density at radius 3 is 2.77 bits per heavy atom. The van der Waals surface area contributed by atoms with Gasteiger partial charge in [0.1, 0.15) is 5.75 Å². The van der Waals surface area contributed by atoms with Gasteiger partial charge in [0.05, 0.1) is 30.6 Å². The van der Waals surface area contributed by atoms with Crippen LogP contribution in [0, 0.1) is 18.3 Å². The molecule has 0 N–H and O–H groups in total. The first-order chi connectivity index (χ1) is 10.7. The molecule has 0 fully saturated rings. The lowest BCUT2D eigenvalue weighted by atomic mass is 10.1. The SMILES string of the molecule is COc1cc(-c2ccnn2-c2cc(C#N)ccn2)ccc1C. The number of aromatic nitrogens is 3. The average Bonchev–Trinajstić information content (AvgIpc) is 3.05. The van der Waals surface area contributed by atoms with Crippen LogP contribution in [-0.4, -0.2) is 21.9 Å². The van der Waals surface area contributed by atoms with E-state index < -0.39 is 0 Å². The number of ether oxygens (including phenoxy) is 1. The lowest BCUT2D eigenvalue weighted by Crippen LogP contribution is -2.02. The molecule has 0 amide bonds. The monoisotopic (exact) mass is 290 g/mol. The summed E-state index contributed by atoms with van der Waals surface area (Å²) < 4.78 is 7.09. The smallest absolute Gasteiger partial charge is 0.155 e. The Morgan fingerprint density at radius 2 is 2.00 bits per heavy atom. The van der Waals surface area contributed by atoms with Gasteiger partial charge in [-0.25, -0.2) is 9.67 Å². The second-order valence-electron chi connectivity index (χ2n) is 4.83. The van der Waals surface area contributed by atoms with Gasteiger partial charge in [0, 0.05) is 17.8 Å². The third-order valence-electron chi connectivity index (χ3n) is 3.44. The number of benzene rings is 1. The molecule has 0 aliphatic heterocycles. The van der Waals surface area contributed by atoms with E-state index in [0.717, 1.165) is 22.6 Å². The molecule has 0 bridgehead atoms. The predicted octanol–water partition coefficient (Wildman–Crippen LogP) is 3.12. The second-order valence-corrected chi connectivity index (χ2v) is 4.83. The molecule has 1 aromatic carbocycles. The van der Waals surface area contributed by atoms with Crippen molar-refractivity contribution in [3.8, 4) is 28.9 Å². The van der Waals surface area contributed by atoms with Crippen LogP contribution >= 0.6 is 0 Å². The quantitative estimate of drug-likeness (QED) is 0.743. The lowest BCUT2D eigenvalue weighted by Gasteiger charge is -2.10. The van der Waals surface area contributed by atoms with Gasteiger partial charge >= 0.3 is 0 Å². The van der Waals surface area contributed by atoms with Crippen molar-refractivity contribution < 1.29 is 4.74 Å². The predicted molar refractivity (Wildman–Crippen MR) is 82.8 cm³/mol. The molecule has 0 saturated heterocycles. The highest BCUT2D eigenvalue weighted by Gasteiger charge is 2.11. The van der Waals surface area contributed by atoms with Crippen LogP contribution in [0.1, 0.15) is 11.1 Å². The zero-order valence-electron chi connectivity index (χ0n) is 12.3. The summed E-state index contributed by atoms with van der Waals surface area (Å²) >= 11 is 0. The van der Waals surface area contributed by atoms with Crippen LogP contribution in [-0.2, 0) is 0 Å². The molecule has 0 spiro atoms. The number of pyridine rings is 1. The van der Waals surface area contributed by atoms with E-state index in [9.17, 15) is 0 Å². The van der Waals surface area contributed by atoms with E-state index in [1.54, 1.807) is 36.3 Å². The Hall–Kier alpha value is -3.13.